The van der Waals surface area contributed by atoms with Gasteiger partial charge in [-0.2, -0.15) is 0 Å². The molecule has 180 valence electrons. The number of benzene rings is 4. The van der Waals surface area contributed by atoms with E-state index in [4.69, 9.17) is 4.74 Å². The summed E-state index contributed by atoms with van der Waals surface area (Å²) in [6, 6.07) is 18.5. The number of hydrogen-bond donors (Lipinski definition) is 3. The van der Waals surface area contributed by atoms with E-state index in [1.807, 2.05) is 95.0 Å². The van der Waals surface area contributed by atoms with Crippen molar-refractivity contribution in [3.8, 4) is 28.7 Å². The zero-order chi connectivity index (χ0) is 25.4. The fraction of sp³-hybridized carbons (Fsp3) is 0.200. The summed E-state index contributed by atoms with van der Waals surface area (Å²) in [5.41, 5.74) is 6.71. The molecule has 0 heterocycles. The van der Waals surface area contributed by atoms with Gasteiger partial charge in [-0.15, -0.1) is 0 Å². The molecule has 0 fully saturated rings. The molecule has 0 radical (unpaired) electrons. The summed E-state index contributed by atoms with van der Waals surface area (Å²) in [6.45, 7) is 11.4. The van der Waals surface area contributed by atoms with Crippen molar-refractivity contribution in [2.24, 2.45) is 0 Å². The highest BCUT2D eigenvalue weighted by Gasteiger charge is 2.26. The number of aryl methyl sites for hydroxylation is 5. The second kappa shape index (κ2) is 9.26. The molecule has 0 aliphatic heterocycles. The van der Waals surface area contributed by atoms with Gasteiger partial charge in [-0.05, 0) is 99.7 Å². The zero-order valence-electron chi connectivity index (χ0n) is 21.0. The summed E-state index contributed by atoms with van der Waals surface area (Å²) in [6.07, 6.45) is 0. The Labute approximate surface area is 206 Å². The predicted octanol–water partition coefficient (Wildman–Crippen LogP) is 7.92. The van der Waals surface area contributed by atoms with Crippen molar-refractivity contribution >= 4 is 17.1 Å². The highest BCUT2D eigenvalue weighted by atomic mass is 16.5. The molecule has 0 aliphatic rings. The van der Waals surface area contributed by atoms with Gasteiger partial charge >= 0.3 is 0 Å². The highest BCUT2D eigenvalue weighted by molar-refractivity contribution is 5.88. The van der Waals surface area contributed by atoms with E-state index in [0.29, 0.717) is 34.1 Å². The first-order valence-corrected chi connectivity index (χ1v) is 11.5. The van der Waals surface area contributed by atoms with Gasteiger partial charge in [-0.3, -0.25) is 4.90 Å². The molecule has 0 saturated heterocycles. The van der Waals surface area contributed by atoms with Crippen LogP contribution in [-0.2, 0) is 0 Å². The second-order valence-corrected chi connectivity index (χ2v) is 9.16. The molecule has 0 saturated carbocycles. The van der Waals surface area contributed by atoms with Crippen LogP contribution in [0.15, 0.2) is 60.7 Å². The first-order chi connectivity index (χ1) is 16.6. The van der Waals surface area contributed by atoms with Gasteiger partial charge in [0.25, 0.3) is 0 Å². The Morgan fingerprint density at radius 2 is 1.14 bits per heavy atom. The van der Waals surface area contributed by atoms with Crippen LogP contribution in [0.3, 0.4) is 0 Å². The van der Waals surface area contributed by atoms with Gasteiger partial charge in [0.15, 0.2) is 5.75 Å². The van der Waals surface area contributed by atoms with E-state index >= 15 is 0 Å². The Morgan fingerprint density at radius 1 is 0.600 bits per heavy atom. The monoisotopic (exact) mass is 469 g/mol. The highest BCUT2D eigenvalue weighted by Crippen LogP contribution is 2.50. The number of aromatic hydroxyl groups is 3. The number of hydrogen-bond acceptors (Lipinski definition) is 5. The summed E-state index contributed by atoms with van der Waals surface area (Å²) in [7, 11) is 0. The van der Waals surface area contributed by atoms with Gasteiger partial charge < -0.3 is 20.1 Å². The summed E-state index contributed by atoms with van der Waals surface area (Å²) >= 11 is 0. The van der Waals surface area contributed by atoms with E-state index in [1.54, 1.807) is 12.1 Å². The van der Waals surface area contributed by atoms with E-state index in [0.717, 1.165) is 27.8 Å². The van der Waals surface area contributed by atoms with Crippen molar-refractivity contribution < 1.29 is 20.1 Å². The summed E-state index contributed by atoms with van der Waals surface area (Å²) in [5, 5.41) is 32.6. The number of phenols is 3. The van der Waals surface area contributed by atoms with Crippen molar-refractivity contribution in [2.75, 3.05) is 4.90 Å². The van der Waals surface area contributed by atoms with Gasteiger partial charge in [-0.1, -0.05) is 30.3 Å². The standard InChI is InChI=1S/C30H31NO4/c1-17-13-20(4)28(24(32)15-17)31(29-21(5)14-18(2)16-25(29)33)23-9-7-8-10-27(23)35-26-12-11-19(3)30(34)22(26)6/h7-16,32-34H,1-6H3. The Hall–Kier alpha value is -4.12. The molecule has 3 N–H and O–H groups in total. The number of rotatable bonds is 5. The number of ether oxygens (including phenoxy) is 1. The average Bonchev–Trinajstić information content (AvgIpc) is 2.77. The number of anilines is 3. The van der Waals surface area contributed by atoms with Crippen LogP contribution in [-0.4, -0.2) is 15.3 Å². The molecule has 0 bridgehead atoms. The number of nitrogens with zero attached hydrogens (tertiary/aromatic N) is 1. The van der Waals surface area contributed by atoms with Crippen molar-refractivity contribution in [2.45, 2.75) is 41.5 Å². The molecule has 4 aromatic carbocycles. The predicted molar refractivity (Wildman–Crippen MR) is 141 cm³/mol. The topological polar surface area (TPSA) is 73.2 Å². The van der Waals surface area contributed by atoms with Crippen LogP contribution in [0.5, 0.6) is 28.7 Å². The van der Waals surface area contributed by atoms with Gasteiger partial charge in [0, 0.05) is 5.56 Å². The van der Waals surface area contributed by atoms with E-state index in [1.165, 1.54) is 0 Å². The van der Waals surface area contributed by atoms with Crippen LogP contribution in [0, 0.1) is 41.5 Å². The van der Waals surface area contributed by atoms with Crippen molar-refractivity contribution in [1.82, 2.24) is 0 Å². The smallest absolute Gasteiger partial charge is 0.151 e. The minimum absolute atomic E-state index is 0.0980. The van der Waals surface area contributed by atoms with Crippen LogP contribution in [0.4, 0.5) is 17.1 Å². The first kappa shape index (κ1) is 24.0. The zero-order valence-corrected chi connectivity index (χ0v) is 21.0. The molecule has 0 unspecified atom stereocenters. The first-order valence-electron chi connectivity index (χ1n) is 11.5. The maximum absolute atomic E-state index is 11.1. The molecule has 5 nitrogen and oxygen atoms in total. The van der Waals surface area contributed by atoms with Gasteiger partial charge in [0.05, 0.1) is 17.1 Å². The molecule has 0 aromatic heterocycles. The van der Waals surface area contributed by atoms with E-state index < -0.39 is 0 Å². The van der Waals surface area contributed by atoms with Crippen LogP contribution < -0.4 is 9.64 Å². The van der Waals surface area contributed by atoms with Crippen LogP contribution in [0.2, 0.25) is 0 Å². The van der Waals surface area contributed by atoms with Gasteiger partial charge in [0.2, 0.25) is 0 Å². The van der Waals surface area contributed by atoms with Crippen LogP contribution in [0.1, 0.15) is 33.4 Å². The average molecular weight is 470 g/mol. The summed E-state index contributed by atoms with van der Waals surface area (Å²) in [5.74, 6) is 1.42. The Bertz CT molecular complexity index is 1320. The Morgan fingerprint density at radius 3 is 1.69 bits per heavy atom. The fourth-order valence-electron chi connectivity index (χ4n) is 4.58. The maximum Gasteiger partial charge on any atom is 0.151 e. The van der Waals surface area contributed by atoms with E-state index in [-0.39, 0.29) is 17.2 Å². The van der Waals surface area contributed by atoms with Crippen LogP contribution in [0.25, 0.3) is 0 Å². The third kappa shape index (κ3) is 4.50. The van der Waals surface area contributed by atoms with E-state index in [9.17, 15) is 15.3 Å². The molecular weight excluding hydrogens is 438 g/mol. The lowest BCUT2D eigenvalue weighted by Gasteiger charge is -2.31. The lowest BCUT2D eigenvalue weighted by molar-refractivity contribution is 0.445. The molecular formula is C30H31NO4. The van der Waals surface area contributed by atoms with Gasteiger partial charge in [-0.25, -0.2) is 0 Å². The van der Waals surface area contributed by atoms with Crippen molar-refractivity contribution in [1.29, 1.82) is 0 Å². The molecule has 0 spiro atoms. The minimum Gasteiger partial charge on any atom is -0.507 e. The van der Waals surface area contributed by atoms with Crippen LogP contribution >= 0.6 is 0 Å². The molecule has 4 rings (SSSR count). The third-order valence-electron chi connectivity index (χ3n) is 6.21. The number of phenolic OH excluding ortho intramolecular Hbond substituents is 3. The second-order valence-electron chi connectivity index (χ2n) is 9.16. The Kier molecular flexibility index (Phi) is 6.35. The third-order valence-corrected chi connectivity index (χ3v) is 6.21. The molecule has 5 heteroatoms. The molecule has 4 aromatic rings. The largest absolute Gasteiger partial charge is 0.507 e. The number of para-hydroxylation sites is 2. The summed E-state index contributed by atoms with van der Waals surface area (Å²) in [4.78, 5) is 1.84. The van der Waals surface area contributed by atoms with Gasteiger partial charge in [0.1, 0.15) is 23.0 Å². The maximum atomic E-state index is 11.1. The minimum atomic E-state index is 0.0980. The lowest BCUT2D eigenvalue weighted by Crippen LogP contribution is -2.14. The van der Waals surface area contributed by atoms with E-state index in [2.05, 4.69) is 0 Å². The summed E-state index contributed by atoms with van der Waals surface area (Å²) < 4.78 is 6.34. The molecule has 0 aliphatic carbocycles. The Balaban J connectivity index is 1.99. The molecule has 0 amide bonds. The molecule has 35 heavy (non-hydrogen) atoms. The van der Waals surface area contributed by atoms with Crippen molar-refractivity contribution in [3.05, 3.63) is 94.0 Å². The normalized spacial score (nSPS) is 10.9. The van der Waals surface area contributed by atoms with Crippen molar-refractivity contribution in [3.63, 3.8) is 0 Å². The lowest BCUT2D eigenvalue weighted by atomic mass is 10.0. The molecule has 0 atom stereocenters. The quantitative estimate of drug-likeness (QED) is 0.277. The SMILES string of the molecule is Cc1cc(C)c(N(c2ccccc2Oc2ccc(C)c(O)c2C)c2c(C)cc(C)cc2O)c(O)c1. The fourth-order valence-corrected chi connectivity index (χ4v) is 4.58.